The number of thiazole rings is 1. The Morgan fingerprint density at radius 3 is 2.34 bits per heavy atom. The highest BCUT2D eigenvalue weighted by atomic mass is 32.1. The summed E-state index contributed by atoms with van der Waals surface area (Å²) < 4.78 is 6.61. The number of rotatable bonds is 5. The Kier molecular flexibility index (Phi) is 5.22. The fraction of sp³-hybridized carbons (Fsp3) is 0.0455. The first-order valence-electron chi connectivity index (χ1n) is 8.89. The number of carbonyl (C=O) groups excluding carboxylic acids is 2. The van der Waals surface area contributed by atoms with Crippen molar-refractivity contribution in [3.63, 3.8) is 0 Å². The predicted molar refractivity (Wildman–Crippen MR) is 115 cm³/mol. The van der Waals surface area contributed by atoms with Gasteiger partial charge in [-0.1, -0.05) is 29.5 Å². The van der Waals surface area contributed by atoms with Gasteiger partial charge in [0.05, 0.1) is 10.2 Å². The second-order valence-corrected chi connectivity index (χ2v) is 7.31. The molecule has 0 aliphatic heterocycles. The van der Waals surface area contributed by atoms with Crippen LogP contribution in [0.3, 0.4) is 0 Å². The van der Waals surface area contributed by atoms with Crippen LogP contribution in [0.15, 0.2) is 72.8 Å². The average Bonchev–Trinajstić information content (AvgIpc) is 3.10. The zero-order valence-electron chi connectivity index (χ0n) is 15.5. The second kappa shape index (κ2) is 8.12. The monoisotopic (exact) mass is 403 g/mol. The summed E-state index contributed by atoms with van der Waals surface area (Å²) in [6.07, 6.45) is 0. The highest BCUT2D eigenvalue weighted by Crippen LogP contribution is 2.29. The Labute approximate surface area is 171 Å². The van der Waals surface area contributed by atoms with Gasteiger partial charge in [-0.3, -0.25) is 14.9 Å². The lowest BCUT2D eigenvalue weighted by atomic mass is 10.2. The maximum atomic E-state index is 12.5. The number of carbonyl (C=O) groups is 2. The molecule has 0 bridgehead atoms. The number of hydrogen-bond donors (Lipinski definition) is 2. The Morgan fingerprint density at radius 1 is 0.897 bits per heavy atom. The molecule has 0 radical (unpaired) electrons. The summed E-state index contributed by atoms with van der Waals surface area (Å²) in [4.78, 5) is 28.1. The van der Waals surface area contributed by atoms with Crippen molar-refractivity contribution < 1.29 is 14.3 Å². The summed E-state index contributed by atoms with van der Waals surface area (Å²) in [7, 11) is 0. The number of amides is 2. The van der Waals surface area contributed by atoms with E-state index in [-0.39, 0.29) is 11.8 Å². The van der Waals surface area contributed by atoms with Crippen LogP contribution in [0, 0.1) is 0 Å². The molecular weight excluding hydrogens is 386 g/mol. The summed E-state index contributed by atoms with van der Waals surface area (Å²) in [5, 5.41) is 6.05. The standard InChI is InChI=1S/C22H17N3O3S/c1-14(26)23-16-9-12-19-20(13-16)29-22(24-19)25-21(27)15-7-10-18(11-8-15)28-17-5-3-2-4-6-17/h2-13H,1H3,(H,23,26)(H,24,25,27). The van der Waals surface area contributed by atoms with Crippen molar-refractivity contribution in [3.05, 3.63) is 78.4 Å². The normalized spacial score (nSPS) is 10.5. The summed E-state index contributed by atoms with van der Waals surface area (Å²) in [6, 6.07) is 21.8. The number of anilines is 2. The first kappa shape index (κ1) is 18.6. The molecule has 1 heterocycles. The smallest absolute Gasteiger partial charge is 0.257 e. The molecule has 7 heteroatoms. The van der Waals surface area contributed by atoms with Gasteiger partial charge in [-0.2, -0.15) is 0 Å². The largest absolute Gasteiger partial charge is 0.457 e. The molecule has 4 aromatic rings. The van der Waals surface area contributed by atoms with Crippen molar-refractivity contribution in [1.82, 2.24) is 4.98 Å². The number of aromatic nitrogens is 1. The van der Waals surface area contributed by atoms with Gasteiger partial charge in [0.25, 0.3) is 5.91 Å². The molecule has 0 spiro atoms. The van der Waals surface area contributed by atoms with Gasteiger partial charge in [0, 0.05) is 18.2 Å². The number of ether oxygens (including phenoxy) is 1. The minimum Gasteiger partial charge on any atom is -0.457 e. The van der Waals surface area contributed by atoms with E-state index in [2.05, 4.69) is 15.6 Å². The number of nitrogens with zero attached hydrogens (tertiary/aromatic N) is 1. The maximum absolute atomic E-state index is 12.5. The average molecular weight is 403 g/mol. The number of fused-ring (bicyclic) bond motifs is 1. The zero-order chi connectivity index (χ0) is 20.2. The lowest BCUT2D eigenvalue weighted by molar-refractivity contribution is -0.114. The molecule has 2 N–H and O–H groups in total. The molecule has 3 aromatic carbocycles. The third kappa shape index (κ3) is 4.59. The predicted octanol–water partition coefficient (Wildman–Crippen LogP) is 5.30. The Bertz CT molecular complexity index is 1170. The van der Waals surface area contributed by atoms with E-state index in [0.717, 1.165) is 16.0 Å². The van der Waals surface area contributed by atoms with Crippen LogP contribution < -0.4 is 15.4 Å². The molecule has 0 aliphatic rings. The summed E-state index contributed by atoms with van der Waals surface area (Å²) in [5.74, 6) is 0.996. The Hall–Kier alpha value is -3.71. The van der Waals surface area contributed by atoms with Gasteiger partial charge in [-0.15, -0.1) is 0 Å². The Morgan fingerprint density at radius 2 is 1.62 bits per heavy atom. The van der Waals surface area contributed by atoms with Crippen molar-refractivity contribution in [1.29, 1.82) is 0 Å². The summed E-state index contributed by atoms with van der Waals surface area (Å²) in [5.41, 5.74) is 1.95. The molecule has 0 saturated heterocycles. The molecule has 29 heavy (non-hydrogen) atoms. The van der Waals surface area contributed by atoms with Crippen molar-refractivity contribution in [2.75, 3.05) is 10.6 Å². The van der Waals surface area contributed by atoms with Crippen molar-refractivity contribution >= 4 is 44.2 Å². The molecule has 0 saturated carbocycles. The van der Waals surface area contributed by atoms with Gasteiger partial charge in [-0.05, 0) is 54.6 Å². The minimum atomic E-state index is -0.252. The molecule has 0 fully saturated rings. The van der Waals surface area contributed by atoms with Crippen LogP contribution in [0.2, 0.25) is 0 Å². The number of benzene rings is 3. The first-order valence-corrected chi connectivity index (χ1v) is 9.71. The van der Waals surface area contributed by atoms with E-state index in [4.69, 9.17) is 4.74 Å². The molecule has 0 atom stereocenters. The molecule has 0 unspecified atom stereocenters. The molecule has 0 aliphatic carbocycles. The highest BCUT2D eigenvalue weighted by Gasteiger charge is 2.11. The second-order valence-electron chi connectivity index (χ2n) is 6.28. The van der Waals surface area contributed by atoms with E-state index in [0.29, 0.717) is 22.1 Å². The number of hydrogen-bond acceptors (Lipinski definition) is 5. The molecule has 4 rings (SSSR count). The third-order valence-corrected chi connectivity index (χ3v) is 4.96. The molecule has 1 aromatic heterocycles. The third-order valence-electron chi connectivity index (χ3n) is 4.02. The first-order chi connectivity index (χ1) is 14.1. The molecule has 144 valence electrons. The maximum Gasteiger partial charge on any atom is 0.257 e. The van der Waals surface area contributed by atoms with E-state index in [1.165, 1.54) is 18.3 Å². The van der Waals surface area contributed by atoms with Crippen LogP contribution >= 0.6 is 11.3 Å². The summed E-state index contributed by atoms with van der Waals surface area (Å²) >= 11 is 1.35. The molecule has 2 amide bonds. The minimum absolute atomic E-state index is 0.137. The zero-order valence-corrected chi connectivity index (χ0v) is 16.3. The topological polar surface area (TPSA) is 80.3 Å². The van der Waals surface area contributed by atoms with Gasteiger partial charge in [0.1, 0.15) is 11.5 Å². The number of nitrogens with one attached hydrogen (secondary N) is 2. The van der Waals surface area contributed by atoms with E-state index in [1.54, 1.807) is 30.3 Å². The fourth-order valence-electron chi connectivity index (χ4n) is 2.73. The fourth-order valence-corrected chi connectivity index (χ4v) is 3.63. The highest BCUT2D eigenvalue weighted by molar-refractivity contribution is 7.22. The van der Waals surface area contributed by atoms with Crippen LogP contribution in [0.5, 0.6) is 11.5 Å². The van der Waals surface area contributed by atoms with Crippen LogP contribution in [-0.4, -0.2) is 16.8 Å². The molecular formula is C22H17N3O3S. The van der Waals surface area contributed by atoms with Crippen molar-refractivity contribution in [3.8, 4) is 11.5 Å². The van der Waals surface area contributed by atoms with E-state index in [1.807, 2.05) is 42.5 Å². The number of para-hydroxylation sites is 1. The summed E-state index contributed by atoms with van der Waals surface area (Å²) in [6.45, 7) is 1.46. The van der Waals surface area contributed by atoms with E-state index < -0.39 is 0 Å². The lowest BCUT2D eigenvalue weighted by Crippen LogP contribution is -2.11. The van der Waals surface area contributed by atoms with Crippen LogP contribution in [0.4, 0.5) is 10.8 Å². The van der Waals surface area contributed by atoms with Crippen LogP contribution in [-0.2, 0) is 4.79 Å². The van der Waals surface area contributed by atoms with E-state index in [9.17, 15) is 9.59 Å². The van der Waals surface area contributed by atoms with Gasteiger partial charge in [0.15, 0.2) is 5.13 Å². The van der Waals surface area contributed by atoms with Gasteiger partial charge < -0.3 is 10.1 Å². The SMILES string of the molecule is CC(=O)Nc1ccc2nc(NC(=O)c3ccc(Oc4ccccc4)cc3)sc2c1. The van der Waals surface area contributed by atoms with Crippen LogP contribution in [0.1, 0.15) is 17.3 Å². The van der Waals surface area contributed by atoms with Gasteiger partial charge in [0.2, 0.25) is 5.91 Å². The van der Waals surface area contributed by atoms with Crippen LogP contribution in [0.25, 0.3) is 10.2 Å². The van der Waals surface area contributed by atoms with Crippen molar-refractivity contribution in [2.45, 2.75) is 6.92 Å². The molecule has 6 nitrogen and oxygen atoms in total. The van der Waals surface area contributed by atoms with Gasteiger partial charge in [-0.25, -0.2) is 4.98 Å². The van der Waals surface area contributed by atoms with E-state index >= 15 is 0 Å². The quantitative estimate of drug-likeness (QED) is 0.474. The van der Waals surface area contributed by atoms with Crippen molar-refractivity contribution in [2.24, 2.45) is 0 Å². The van der Waals surface area contributed by atoms with Gasteiger partial charge >= 0.3 is 0 Å². The lowest BCUT2D eigenvalue weighted by Gasteiger charge is -2.06. The Balaban J connectivity index is 1.45.